The Kier molecular flexibility index (Phi) is 5.53. The van der Waals surface area contributed by atoms with Gasteiger partial charge < -0.3 is 20.3 Å². The van der Waals surface area contributed by atoms with Crippen LogP contribution >= 0.6 is 11.3 Å². The zero-order chi connectivity index (χ0) is 16.8. The van der Waals surface area contributed by atoms with Gasteiger partial charge in [0.15, 0.2) is 5.13 Å². The summed E-state index contributed by atoms with van der Waals surface area (Å²) in [7, 11) is 0. The van der Waals surface area contributed by atoms with Crippen LogP contribution in [0.1, 0.15) is 19.8 Å². The van der Waals surface area contributed by atoms with Gasteiger partial charge in [-0.1, -0.05) is 0 Å². The molecule has 2 N–H and O–H groups in total. The molecule has 7 heteroatoms. The molecule has 0 saturated carbocycles. The highest BCUT2D eigenvalue weighted by molar-refractivity contribution is 7.13. The Hall–Kier alpha value is -2.28. The maximum atomic E-state index is 12.1. The van der Waals surface area contributed by atoms with Gasteiger partial charge in [0.1, 0.15) is 5.75 Å². The predicted octanol–water partition coefficient (Wildman–Crippen LogP) is 3.33. The standard InChI is InChI=1S/C17H22N4O2S/c1-2-23-15-5-3-13(4-6-15)19-16(22)20-14-7-10-21(11-8-14)17-18-9-12-24-17/h3-6,9,12,14H,2,7-8,10-11H2,1H3,(H2,19,20,22). The minimum Gasteiger partial charge on any atom is -0.494 e. The first-order chi connectivity index (χ1) is 11.7. The number of piperidine rings is 1. The average Bonchev–Trinajstić information content (AvgIpc) is 3.12. The van der Waals surface area contributed by atoms with Crippen LogP contribution in [0.5, 0.6) is 5.75 Å². The van der Waals surface area contributed by atoms with Gasteiger partial charge in [-0.05, 0) is 44.0 Å². The Balaban J connectivity index is 1.44. The molecular weight excluding hydrogens is 324 g/mol. The summed E-state index contributed by atoms with van der Waals surface area (Å²) in [5.41, 5.74) is 0.760. The zero-order valence-electron chi connectivity index (χ0n) is 13.7. The second kappa shape index (κ2) is 8.01. The number of carbonyl (C=O) groups is 1. The Bertz CT molecular complexity index is 637. The van der Waals surface area contributed by atoms with E-state index in [2.05, 4.69) is 20.5 Å². The van der Waals surface area contributed by atoms with E-state index in [1.165, 1.54) is 0 Å². The van der Waals surface area contributed by atoms with Crippen molar-refractivity contribution in [2.45, 2.75) is 25.8 Å². The van der Waals surface area contributed by atoms with E-state index in [0.717, 1.165) is 42.5 Å². The molecule has 2 heterocycles. The maximum Gasteiger partial charge on any atom is 0.319 e. The lowest BCUT2D eigenvalue weighted by Gasteiger charge is -2.32. The van der Waals surface area contributed by atoms with Gasteiger partial charge in [0.25, 0.3) is 0 Å². The van der Waals surface area contributed by atoms with Gasteiger partial charge in [0.05, 0.1) is 6.61 Å². The van der Waals surface area contributed by atoms with Crippen molar-refractivity contribution in [2.24, 2.45) is 0 Å². The van der Waals surface area contributed by atoms with E-state index >= 15 is 0 Å². The topological polar surface area (TPSA) is 66.5 Å². The first-order valence-electron chi connectivity index (χ1n) is 8.19. The van der Waals surface area contributed by atoms with E-state index in [-0.39, 0.29) is 12.1 Å². The number of benzene rings is 1. The van der Waals surface area contributed by atoms with Crippen molar-refractivity contribution in [1.82, 2.24) is 10.3 Å². The van der Waals surface area contributed by atoms with E-state index in [1.807, 2.05) is 42.8 Å². The molecule has 1 aromatic carbocycles. The van der Waals surface area contributed by atoms with Crippen molar-refractivity contribution in [3.05, 3.63) is 35.8 Å². The molecule has 0 unspecified atom stereocenters. The lowest BCUT2D eigenvalue weighted by molar-refractivity contribution is 0.246. The molecule has 0 spiro atoms. The predicted molar refractivity (Wildman–Crippen MR) is 97.1 cm³/mol. The van der Waals surface area contributed by atoms with Gasteiger partial charge in [-0.25, -0.2) is 9.78 Å². The highest BCUT2D eigenvalue weighted by Gasteiger charge is 2.21. The van der Waals surface area contributed by atoms with Gasteiger partial charge in [-0.2, -0.15) is 0 Å². The van der Waals surface area contributed by atoms with Crippen LogP contribution in [0.3, 0.4) is 0 Å². The monoisotopic (exact) mass is 346 g/mol. The first-order valence-corrected chi connectivity index (χ1v) is 9.07. The third kappa shape index (κ3) is 4.38. The van der Waals surface area contributed by atoms with Crippen LogP contribution < -0.4 is 20.3 Å². The van der Waals surface area contributed by atoms with Crippen molar-refractivity contribution >= 4 is 28.2 Å². The minimum absolute atomic E-state index is 0.160. The van der Waals surface area contributed by atoms with Gasteiger partial charge in [0, 0.05) is 36.4 Å². The van der Waals surface area contributed by atoms with Gasteiger partial charge in [-0.3, -0.25) is 0 Å². The number of aromatic nitrogens is 1. The van der Waals surface area contributed by atoms with E-state index in [1.54, 1.807) is 11.3 Å². The lowest BCUT2D eigenvalue weighted by Crippen LogP contribution is -2.46. The molecule has 1 saturated heterocycles. The molecule has 24 heavy (non-hydrogen) atoms. The quantitative estimate of drug-likeness (QED) is 0.871. The minimum atomic E-state index is -0.160. The number of nitrogens with one attached hydrogen (secondary N) is 2. The highest BCUT2D eigenvalue weighted by atomic mass is 32.1. The zero-order valence-corrected chi connectivity index (χ0v) is 14.5. The molecular formula is C17H22N4O2S. The van der Waals surface area contributed by atoms with Crippen molar-refractivity contribution < 1.29 is 9.53 Å². The fourth-order valence-electron chi connectivity index (χ4n) is 2.74. The number of nitrogens with zero attached hydrogens (tertiary/aromatic N) is 2. The molecule has 1 aliphatic heterocycles. The van der Waals surface area contributed by atoms with Crippen molar-refractivity contribution in [2.75, 3.05) is 29.9 Å². The first kappa shape index (κ1) is 16.6. The van der Waals surface area contributed by atoms with Crippen LogP contribution in [0.4, 0.5) is 15.6 Å². The SMILES string of the molecule is CCOc1ccc(NC(=O)NC2CCN(c3nccs3)CC2)cc1. The summed E-state index contributed by atoms with van der Waals surface area (Å²) in [5, 5.41) is 8.97. The second-order valence-electron chi connectivity index (χ2n) is 5.63. The summed E-state index contributed by atoms with van der Waals surface area (Å²) in [5.74, 6) is 0.804. The summed E-state index contributed by atoms with van der Waals surface area (Å²) in [4.78, 5) is 18.7. The third-order valence-electron chi connectivity index (χ3n) is 3.94. The molecule has 3 rings (SSSR count). The number of amides is 2. The second-order valence-corrected chi connectivity index (χ2v) is 6.50. The third-order valence-corrected chi connectivity index (χ3v) is 4.78. The maximum absolute atomic E-state index is 12.1. The molecule has 2 aromatic rings. The normalized spacial score (nSPS) is 15.1. The van der Waals surface area contributed by atoms with E-state index in [4.69, 9.17) is 4.74 Å². The van der Waals surface area contributed by atoms with E-state index in [0.29, 0.717) is 6.61 Å². The fraction of sp³-hybridized carbons (Fsp3) is 0.412. The largest absolute Gasteiger partial charge is 0.494 e. The van der Waals surface area contributed by atoms with Gasteiger partial charge in [-0.15, -0.1) is 11.3 Å². The number of urea groups is 1. The lowest BCUT2D eigenvalue weighted by atomic mass is 10.1. The molecule has 0 aliphatic carbocycles. The van der Waals surface area contributed by atoms with E-state index < -0.39 is 0 Å². The smallest absolute Gasteiger partial charge is 0.319 e. The summed E-state index contributed by atoms with van der Waals surface area (Å²) in [6.07, 6.45) is 3.68. The molecule has 1 aliphatic rings. The number of anilines is 2. The van der Waals surface area contributed by atoms with Gasteiger partial charge in [0.2, 0.25) is 0 Å². The Labute approximate surface area is 145 Å². The van der Waals surface area contributed by atoms with Crippen molar-refractivity contribution in [3.8, 4) is 5.75 Å². The number of carbonyl (C=O) groups excluding carboxylic acids is 1. The fourth-order valence-corrected chi connectivity index (χ4v) is 3.44. The molecule has 0 atom stereocenters. The van der Waals surface area contributed by atoms with Gasteiger partial charge >= 0.3 is 6.03 Å². The molecule has 2 amide bonds. The Morgan fingerprint density at radius 2 is 2.08 bits per heavy atom. The van der Waals surface area contributed by atoms with Crippen LogP contribution in [0.15, 0.2) is 35.8 Å². The van der Waals surface area contributed by atoms with Crippen LogP contribution in [-0.2, 0) is 0 Å². The number of ether oxygens (including phenoxy) is 1. The molecule has 1 fully saturated rings. The summed E-state index contributed by atoms with van der Waals surface area (Å²) >= 11 is 1.66. The molecule has 0 bridgehead atoms. The van der Waals surface area contributed by atoms with E-state index in [9.17, 15) is 4.79 Å². The molecule has 6 nitrogen and oxygen atoms in total. The Morgan fingerprint density at radius 1 is 1.33 bits per heavy atom. The van der Waals surface area contributed by atoms with Crippen molar-refractivity contribution in [1.29, 1.82) is 0 Å². The Morgan fingerprint density at radius 3 is 2.71 bits per heavy atom. The molecule has 1 aromatic heterocycles. The van der Waals surface area contributed by atoms with Crippen LogP contribution in [0.2, 0.25) is 0 Å². The number of hydrogen-bond donors (Lipinski definition) is 2. The van der Waals surface area contributed by atoms with Crippen LogP contribution in [0, 0.1) is 0 Å². The number of thiazole rings is 1. The number of rotatable bonds is 5. The van der Waals surface area contributed by atoms with Crippen LogP contribution in [0.25, 0.3) is 0 Å². The summed E-state index contributed by atoms with van der Waals surface area (Å²) in [6, 6.07) is 7.43. The summed E-state index contributed by atoms with van der Waals surface area (Å²) < 4.78 is 5.39. The molecule has 128 valence electrons. The number of hydrogen-bond acceptors (Lipinski definition) is 5. The summed E-state index contributed by atoms with van der Waals surface area (Å²) in [6.45, 7) is 4.41. The van der Waals surface area contributed by atoms with Crippen LogP contribution in [-0.4, -0.2) is 36.8 Å². The average molecular weight is 346 g/mol. The molecule has 0 radical (unpaired) electrons. The van der Waals surface area contributed by atoms with Crippen molar-refractivity contribution in [3.63, 3.8) is 0 Å². The highest BCUT2D eigenvalue weighted by Crippen LogP contribution is 2.22.